The first kappa shape index (κ1) is 11.4. The topological polar surface area (TPSA) is 105 Å². The van der Waals surface area contributed by atoms with E-state index in [9.17, 15) is 20.2 Å². The third-order valence-electron chi connectivity index (χ3n) is 0.952. The molecule has 0 aromatic rings. The van der Waals surface area contributed by atoms with Gasteiger partial charge >= 0.3 is 0 Å². The molecule has 0 heterocycles. The highest BCUT2D eigenvalue weighted by Gasteiger charge is 2.22. The predicted molar refractivity (Wildman–Crippen MR) is 39.0 cm³/mol. The Balaban J connectivity index is 3.79. The molecule has 0 saturated heterocycles. The van der Waals surface area contributed by atoms with Crippen molar-refractivity contribution in [1.82, 2.24) is 0 Å². The van der Waals surface area contributed by atoms with E-state index in [-0.39, 0.29) is 0 Å². The first-order chi connectivity index (χ1) is 5.83. The molecule has 0 bridgehead atoms. The van der Waals surface area contributed by atoms with Gasteiger partial charge in [0.2, 0.25) is 0 Å². The van der Waals surface area contributed by atoms with Crippen molar-refractivity contribution in [1.29, 1.82) is 0 Å². The molecule has 0 saturated carbocycles. The summed E-state index contributed by atoms with van der Waals surface area (Å²) in [5.41, 5.74) is -1.26. The van der Waals surface area contributed by atoms with Gasteiger partial charge in [0.15, 0.2) is 0 Å². The number of nitrogens with zero attached hydrogens (tertiary/aromatic N) is 2. The van der Waals surface area contributed by atoms with Crippen molar-refractivity contribution in [3.63, 3.8) is 0 Å². The molecule has 8 heteroatoms. The maximum atomic E-state index is 9.74. The zero-order chi connectivity index (χ0) is 10.5. The minimum atomic E-state index is -1.26. The Morgan fingerprint density at radius 3 is 1.62 bits per heavy atom. The average molecular weight is 192 g/mol. The lowest BCUT2D eigenvalue weighted by atomic mass is 9.97. The van der Waals surface area contributed by atoms with Gasteiger partial charge in [-0.05, 0) is 13.8 Å². The first-order valence-electron chi connectivity index (χ1n) is 3.09. The van der Waals surface area contributed by atoms with Gasteiger partial charge in [0.05, 0.1) is 0 Å². The highest BCUT2D eigenvalue weighted by Crippen LogP contribution is 2.14. The third kappa shape index (κ3) is 6.78. The van der Waals surface area contributed by atoms with E-state index in [0.29, 0.717) is 0 Å². The summed E-state index contributed by atoms with van der Waals surface area (Å²) in [5.74, 6) is 0. The maximum Gasteiger partial charge on any atom is 0.294 e. The molecule has 0 spiro atoms. The minimum Gasteiger partial charge on any atom is -0.313 e. The minimum absolute atomic E-state index is 0.464. The molecule has 0 fully saturated rings. The highest BCUT2D eigenvalue weighted by molar-refractivity contribution is 4.83. The molecule has 13 heavy (non-hydrogen) atoms. The second-order valence-electron chi connectivity index (χ2n) is 2.49. The Morgan fingerprint density at radius 2 is 1.38 bits per heavy atom. The molecule has 0 amide bonds. The predicted octanol–water partition coefficient (Wildman–Crippen LogP) is 0.0576. The van der Waals surface area contributed by atoms with Crippen LogP contribution in [0.15, 0.2) is 0 Å². The summed E-state index contributed by atoms with van der Waals surface area (Å²) in [5, 5.41) is 17.4. The average Bonchev–Trinajstić information content (AvgIpc) is 1.98. The Kier molecular flexibility index (Phi) is 3.89. The van der Waals surface area contributed by atoms with Gasteiger partial charge in [0.25, 0.3) is 10.2 Å². The second-order valence-corrected chi connectivity index (χ2v) is 2.49. The van der Waals surface area contributed by atoms with Crippen LogP contribution in [0.3, 0.4) is 0 Å². The Morgan fingerprint density at radius 1 is 1.08 bits per heavy atom. The maximum absolute atomic E-state index is 9.74. The lowest BCUT2D eigenvalue weighted by Gasteiger charge is -2.20. The van der Waals surface area contributed by atoms with Crippen LogP contribution in [0, 0.1) is 39.5 Å². The van der Waals surface area contributed by atoms with Crippen LogP contribution >= 0.6 is 0 Å². The van der Waals surface area contributed by atoms with Crippen molar-refractivity contribution in [2.75, 3.05) is 13.2 Å². The van der Waals surface area contributed by atoms with Crippen molar-refractivity contribution in [3.8, 4) is 0 Å². The number of rotatable bonds is 6. The van der Waals surface area contributed by atoms with Crippen molar-refractivity contribution < 1.29 is 19.8 Å². The fourth-order valence-electron chi connectivity index (χ4n) is 0.421. The molecule has 0 rings (SSSR count). The summed E-state index contributed by atoms with van der Waals surface area (Å²) < 4.78 is 0. The zero-order valence-electron chi connectivity index (χ0n) is 6.67. The van der Waals surface area contributed by atoms with Gasteiger partial charge in [-0.3, -0.25) is 0 Å². The lowest BCUT2D eigenvalue weighted by Crippen LogP contribution is -2.28. The van der Waals surface area contributed by atoms with E-state index in [1.807, 2.05) is 0 Å². The smallest absolute Gasteiger partial charge is 0.294 e. The summed E-state index contributed by atoms with van der Waals surface area (Å²) in [4.78, 5) is 27.3. The summed E-state index contributed by atoms with van der Waals surface area (Å²) >= 11 is 0. The summed E-state index contributed by atoms with van der Waals surface area (Å²) in [6.45, 7) is 5.76. The van der Waals surface area contributed by atoms with Crippen LogP contribution in [0.1, 0.15) is 0 Å². The van der Waals surface area contributed by atoms with Crippen molar-refractivity contribution in [3.05, 3.63) is 34.1 Å². The molecule has 0 aromatic heterocycles. The van der Waals surface area contributed by atoms with E-state index in [2.05, 4.69) is 23.5 Å². The molecular weight excluding hydrogens is 184 g/mol. The van der Waals surface area contributed by atoms with E-state index in [1.54, 1.807) is 0 Å². The van der Waals surface area contributed by atoms with Gasteiger partial charge in [0.1, 0.15) is 13.2 Å². The Hall–Kier alpha value is -1.60. The summed E-state index contributed by atoms with van der Waals surface area (Å²) in [7, 11) is 0. The van der Waals surface area contributed by atoms with Gasteiger partial charge in [0, 0.05) is 5.41 Å². The van der Waals surface area contributed by atoms with Crippen molar-refractivity contribution in [2.45, 2.75) is 0 Å². The standard InChI is InChI=1S/C5H8N2O6/c1-5(2,3-12-6(8)9)4-13-7(10)11/h1-4H2. The van der Waals surface area contributed by atoms with Gasteiger partial charge in [-0.15, -0.1) is 20.2 Å². The van der Waals surface area contributed by atoms with E-state index < -0.39 is 28.8 Å². The molecular formula is C5H8N2O6. The van der Waals surface area contributed by atoms with Crippen LogP contribution in [0.5, 0.6) is 0 Å². The molecule has 0 aliphatic carbocycles. The molecule has 0 aliphatic heterocycles. The van der Waals surface area contributed by atoms with Gasteiger partial charge in [-0.1, -0.05) is 0 Å². The molecule has 0 aromatic carbocycles. The quantitative estimate of drug-likeness (QED) is 0.435. The van der Waals surface area contributed by atoms with Gasteiger partial charge in [-0.25, -0.2) is 0 Å². The van der Waals surface area contributed by atoms with Crippen molar-refractivity contribution in [2.24, 2.45) is 5.41 Å². The first-order valence-corrected chi connectivity index (χ1v) is 3.09. The molecule has 8 nitrogen and oxygen atoms in total. The molecule has 2 radical (unpaired) electrons. The molecule has 0 atom stereocenters. The number of hydrogen-bond donors (Lipinski definition) is 0. The molecule has 0 unspecified atom stereocenters. The Labute approximate surface area is 73.6 Å². The van der Waals surface area contributed by atoms with Crippen LogP contribution in [0.2, 0.25) is 0 Å². The third-order valence-corrected chi connectivity index (χ3v) is 0.952. The summed E-state index contributed by atoms with van der Waals surface area (Å²) in [6, 6.07) is 0. The normalized spacial score (nSPS) is 10.6. The van der Waals surface area contributed by atoms with E-state index >= 15 is 0 Å². The fraction of sp³-hybridized carbons (Fsp3) is 0.600. The molecule has 74 valence electrons. The van der Waals surface area contributed by atoms with Crippen LogP contribution in [-0.4, -0.2) is 23.4 Å². The molecule has 0 aliphatic rings. The summed E-state index contributed by atoms with van der Waals surface area (Å²) in [6.07, 6.45) is 0. The SMILES string of the molecule is [CH2]C([CH2])(CO[N+](=O)[O-])CO[N+](=O)[O-]. The van der Waals surface area contributed by atoms with Crippen LogP contribution < -0.4 is 0 Å². The Bertz CT molecular complexity index is 183. The second kappa shape index (κ2) is 4.43. The van der Waals surface area contributed by atoms with Crippen LogP contribution in [0.4, 0.5) is 0 Å². The largest absolute Gasteiger partial charge is 0.313 e. The number of hydrogen-bond acceptors (Lipinski definition) is 6. The zero-order valence-corrected chi connectivity index (χ0v) is 6.67. The van der Waals surface area contributed by atoms with Gasteiger partial charge in [-0.2, -0.15) is 0 Å². The molecule has 0 N–H and O–H groups in total. The van der Waals surface area contributed by atoms with E-state index in [4.69, 9.17) is 0 Å². The van der Waals surface area contributed by atoms with E-state index in [1.165, 1.54) is 0 Å². The fourth-order valence-corrected chi connectivity index (χ4v) is 0.421. The lowest BCUT2D eigenvalue weighted by molar-refractivity contribution is -0.770. The van der Waals surface area contributed by atoms with Gasteiger partial charge < -0.3 is 9.68 Å². The van der Waals surface area contributed by atoms with Crippen molar-refractivity contribution >= 4 is 0 Å². The van der Waals surface area contributed by atoms with E-state index in [0.717, 1.165) is 0 Å². The highest BCUT2D eigenvalue weighted by atomic mass is 17.0. The van der Waals surface area contributed by atoms with Crippen LogP contribution in [0.25, 0.3) is 0 Å². The van der Waals surface area contributed by atoms with Crippen LogP contribution in [-0.2, 0) is 9.68 Å². The monoisotopic (exact) mass is 192 g/mol.